The summed E-state index contributed by atoms with van der Waals surface area (Å²) >= 11 is 0. The lowest BCUT2D eigenvalue weighted by molar-refractivity contribution is -0.128. The SMILES string of the molecule is CCOC=O.CCOc1cc(OCC)c2cc[nH]c2c1. The van der Waals surface area contributed by atoms with E-state index in [1.807, 2.05) is 38.2 Å². The predicted molar refractivity (Wildman–Crippen MR) is 78.3 cm³/mol. The van der Waals surface area contributed by atoms with Crippen molar-refractivity contribution in [1.82, 2.24) is 4.98 Å². The lowest BCUT2D eigenvalue weighted by Gasteiger charge is -2.08. The largest absolute Gasteiger partial charge is 0.494 e. The number of fused-ring (bicyclic) bond motifs is 1. The molecule has 1 aromatic carbocycles. The Bertz CT molecular complexity index is 522. The third-order valence-corrected chi connectivity index (χ3v) is 2.45. The van der Waals surface area contributed by atoms with E-state index in [9.17, 15) is 4.79 Å². The van der Waals surface area contributed by atoms with Gasteiger partial charge in [-0.1, -0.05) is 0 Å². The first kappa shape index (κ1) is 15.9. The van der Waals surface area contributed by atoms with Gasteiger partial charge >= 0.3 is 0 Å². The van der Waals surface area contributed by atoms with E-state index in [0.717, 1.165) is 22.4 Å². The third-order valence-electron chi connectivity index (χ3n) is 2.45. The number of H-pyrrole nitrogens is 1. The van der Waals surface area contributed by atoms with Crippen molar-refractivity contribution < 1.29 is 19.0 Å². The number of rotatable bonds is 6. The van der Waals surface area contributed by atoms with Crippen LogP contribution in [-0.4, -0.2) is 31.3 Å². The summed E-state index contributed by atoms with van der Waals surface area (Å²) in [5.41, 5.74) is 1.05. The van der Waals surface area contributed by atoms with Gasteiger partial charge in [0.1, 0.15) is 11.5 Å². The first-order valence-corrected chi connectivity index (χ1v) is 6.68. The second-order valence-corrected chi connectivity index (χ2v) is 3.78. The van der Waals surface area contributed by atoms with Crippen molar-refractivity contribution in [2.45, 2.75) is 20.8 Å². The van der Waals surface area contributed by atoms with Gasteiger partial charge in [0.2, 0.25) is 0 Å². The summed E-state index contributed by atoms with van der Waals surface area (Å²) in [6.07, 6.45) is 1.91. The molecule has 5 nitrogen and oxygen atoms in total. The van der Waals surface area contributed by atoms with Gasteiger partial charge in [-0.2, -0.15) is 0 Å². The highest BCUT2D eigenvalue weighted by molar-refractivity contribution is 5.87. The molecule has 0 saturated carbocycles. The molecule has 0 fully saturated rings. The fraction of sp³-hybridized carbons (Fsp3) is 0.400. The number of benzene rings is 1. The maximum absolute atomic E-state index is 9.18. The lowest BCUT2D eigenvalue weighted by atomic mass is 10.2. The zero-order chi connectivity index (χ0) is 14.8. The van der Waals surface area contributed by atoms with Crippen LogP contribution in [0.4, 0.5) is 0 Å². The zero-order valence-corrected chi connectivity index (χ0v) is 12.1. The van der Waals surface area contributed by atoms with Gasteiger partial charge in [-0.15, -0.1) is 0 Å². The van der Waals surface area contributed by atoms with Crippen molar-refractivity contribution in [2.24, 2.45) is 0 Å². The fourth-order valence-electron chi connectivity index (χ4n) is 1.70. The lowest BCUT2D eigenvalue weighted by Crippen LogP contribution is -1.95. The highest BCUT2D eigenvalue weighted by atomic mass is 16.5. The van der Waals surface area contributed by atoms with E-state index in [2.05, 4.69) is 9.72 Å². The van der Waals surface area contributed by atoms with Gasteiger partial charge in [-0.25, -0.2) is 0 Å². The number of carbonyl (C=O) groups excluding carboxylic acids is 1. The molecule has 0 bridgehead atoms. The summed E-state index contributed by atoms with van der Waals surface area (Å²) in [5.74, 6) is 1.72. The van der Waals surface area contributed by atoms with Crippen LogP contribution in [-0.2, 0) is 9.53 Å². The Hall–Kier alpha value is -2.17. The molecule has 110 valence electrons. The Kier molecular flexibility index (Phi) is 7.03. The summed E-state index contributed by atoms with van der Waals surface area (Å²) in [6.45, 7) is 7.94. The Labute approximate surface area is 118 Å². The molecule has 1 N–H and O–H groups in total. The smallest absolute Gasteiger partial charge is 0.293 e. The summed E-state index contributed by atoms with van der Waals surface area (Å²) in [4.78, 5) is 12.3. The minimum absolute atomic E-state index is 0.431. The van der Waals surface area contributed by atoms with Crippen LogP contribution in [0.5, 0.6) is 11.5 Å². The van der Waals surface area contributed by atoms with Crippen LogP contribution in [0.1, 0.15) is 20.8 Å². The Morgan fingerprint density at radius 3 is 2.40 bits per heavy atom. The second-order valence-electron chi connectivity index (χ2n) is 3.78. The van der Waals surface area contributed by atoms with E-state index in [-0.39, 0.29) is 0 Å². The Morgan fingerprint density at radius 1 is 1.10 bits per heavy atom. The van der Waals surface area contributed by atoms with Crippen LogP contribution in [0.15, 0.2) is 24.4 Å². The molecular formula is C15H21NO4. The van der Waals surface area contributed by atoms with Crippen LogP contribution < -0.4 is 9.47 Å². The topological polar surface area (TPSA) is 60.6 Å². The quantitative estimate of drug-likeness (QED) is 0.825. The first-order chi connectivity index (χ1) is 9.76. The van der Waals surface area contributed by atoms with Crippen molar-refractivity contribution in [2.75, 3.05) is 19.8 Å². The molecule has 0 saturated heterocycles. The summed E-state index contributed by atoms with van der Waals surface area (Å²) < 4.78 is 15.2. The highest BCUT2D eigenvalue weighted by Crippen LogP contribution is 2.30. The van der Waals surface area contributed by atoms with E-state index < -0.39 is 0 Å². The number of carbonyl (C=O) groups is 1. The van der Waals surface area contributed by atoms with Gasteiger partial charge in [0.05, 0.1) is 25.3 Å². The summed E-state index contributed by atoms with van der Waals surface area (Å²) in [5, 5.41) is 1.10. The fourth-order valence-corrected chi connectivity index (χ4v) is 1.70. The molecule has 0 aliphatic heterocycles. The molecule has 0 aliphatic carbocycles. The molecule has 0 atom stereocenters. The second kappa shape index (κ2) is 8.85. The number of ether oxygens (including phenoxy) is 3. The molecule has 0 spiro atoms. The number of nitrogens with one attached hydrogen (secondary N) is 1. The molecule has 0 amide bonds. The first-order valence-electron chi connectivity index (χ1n) is 6.68. The average molecular weight is 279 g/mol. The summed E-state index contributed by atoms with van der Waals surface area (Å²) in [6, 6.07) is 5.93. The van der Waals surface area contributed by atoms with Gasteiger partial charge in [0.25, 0.3) is 6.47 Å². The van der Waals surface area contributed by atoms with Gasteiger partial charge in [-0.3, -0.25) is 4.79 Å². The van der Waals surface area contributed by atoms with Crippen LogP contribution >= 0.6 is 0 Å². The van der Waals surface area contributed by atoms with E-state index in [4.69, 9.17) is 9.47 Å². The molecule has 1 heterocycles. The maximum atomic E-state index is 9.18. The molecule has 2 rings (SSSR count). The van der Waals surface area contributed by atoms with Gasteiger partial charge in [0.15, 0.2) is 0 Å². The molecule has 1 aromatic heterocycles. The molecule has 2 aromatic rings. The monoisotopic (exact) mass is 279 g/mol. The molecule has 20 heavy (non-hydrogen) atoms. The zero-order valence-electron chi connectivity index (χ0n) is 12.1. The predicted octanol–water partition coefficient (Wildman–Crippen LogP) is 3.14. The maximum Gasteiger partial charge on any atom is 0.293 e. The number of hydrogen-bond acceptors (Lipinski definition) is 4. The highest BCUT2D eigenvalue weighted by Gasteiger charge is 2.06. The third kappa shape index (κ3) is 4.50. The minimum atomic E-state index is 0.431. The summed E-state index contributed by atoms with van der Waals surface area (Å²) in [7, 11) is 0. The Morgan fingerprint density at radius 2 is 1.85 bits per heavy atom. The number of aromatic amines is 1. The van der Waals surface area contributed by atoms with Crippen molar-refractivity contribution in [3.63, 3.8) is 0 Å². The van der Waals surface area contributed by atoms with Crippen LogP contribution in [0.25, 0.3) is 10.9 Å². The van der Waals surface area contributed by atoms with E-state index in [1.165, 1.54) is 0 Å². The van der Waals surface area contributed by atoms with Gasteiger partial charge < -0.3 is 19.2 Å². The average Bonchev–Trinajstić information content (AvgIpc) is 2.90. The van der Waals surface area contributed by atoms with Gasteiger partial charge in [-0.05, 0) is 26.8 Å². The number of hydrogen-bond donors (Lipinski definition) is 1. The minimum Gasteiger partial charge on any atom is -0.494 e. The molecule has 0 aliphatic rings. The molecule has 0 unspecified atom stereocenters. The van der Waals surface area contributed by atoms with Crippen LogP contribution in [0.2, 0.25) is 0 Å². The van der Waals surface area contributed by atoms with Crippen molar-refractivity contribution >= 4 is 17.4 Å². The Balaban J connectivity index is 0.000000347. The normalized spacial score (nSPS) is 9.55. The molecular weight excluding hydrogens is 258 g/mol. The van der Waals surface area contributed by atoms with E-state index in [0.29, 0.717) is 26.3 Å². The molecule has 0 radical (unpaired) electrons. The van der Waals surface area contributed by atoms with E-state index >= 15 is 0 Å². The number of aromatic nitrogens is 1. The standard InChI is InChI=1S/C12H15NO2.C3H6O2/c1-3-14-9-7-11-10(5-6-13-11)12(8-9)15-4-2;1-2-5-3-4/h5-8,13H,3-4H2,1-2H3;3H,2H2,1H3. The van der Waals surface area contributed by atoms with Crippen molar-refractivity contribution in [3.8, 4) is 11.5 Å². The van der Waals surface area contributed by atoms with E-state index in [1.54, 1.807) is 6.92 Å². The van der Waals surface area contributed by atoms with Crippen molar-refractivity contribution in [3.05, 3.63) is 24.4 Å². The molecule has 5 heteroatoms. The van der Waals surface area contributed by atoms with Gasteiger partial charge in [0, 0.05) is 23.7 Å². The van der Waals surface area contributed by atoms with Crippen molar-refractivity contribution in [1.29, 1.82) is 0 Å². The van der Waals surface area contributed by atoms with Crippen LogP contribution in [0.3, 0.4) is 0 Å². The van der Waals surface area contributed by atoms with Crippen LogP contribution in [0, 0.1) is 0 Å².